The predicted octanol–water partition coefficient (Wildman–Crippen LogP) is 3.61. The van der Waals surface area contributed by atoms with E-state index in [1.165, 1.54) is 7.11 Å². The van der Waals surface area contributed by atoms with Crippen molar-refractivity contribution in [1.82, 2.24) is 10.6 Å². The minimum absolute atomic E-state index is 0. The van der Waals surface area contributed by atoms with Gasteiger partial charge in [-0.05, 0) is 35.4 Å². The van der Waals surface area contributed by atoms with Gasteiger partial charge in [-0.25, -0.2) is 4.79 Å². The Hall–Kier alpha value is -1.80. The van der Waals surface area contributed by atoms with Gasteiger partial charge in [-0.15, -0.1) is 24.0 Å². The van der Waals surface area contributed by atoms with Crippen LogP contribution in [0.15, 0.2) is 53.5 Å². The number of halogens is 2. The molecular formula is C18H21ClIN3O2. The van der Waals surface area contributed by atoms with Gasteiger partial charge in [0.1, 0.15) is 0 Å². The first-order valence-corrected chi connectivity index (χ1v) is 7.86. The molecule has 0 amide bonds. The Labute approximate surface area is 169 Å². The van der Waals surface area contributed by atoms with E-state index in [-0.39, 0.29) is 29.9 Å². The molecule has 0 unspecified atom stereocenters. The van der Waals surface area contributed by atoms with Gasteiger partial charge in [0, 0.05) is 25.2 Å². The normalized spacial score (nSPS) is 10.6. The molecule has 7 heteroatoms. The third-order valence-corrected chi connectivity index (χ3v) is 3.68. The fourth-order valence-electron chi connectivity index (χ4n) is 2.07. The van der Waals surface area contributed by atoms with Crippen LogP contribution in [0.5, 0.6) is 0 Å². The van der Waals surface area contributed by atoms with Crippen LogP contribution in [0.1, 0.15) is 21.5 Å². The Kier molecular flexibility index (Phi) is 9.30. The lowest BCUT2D eigenvalue weighted by atomic mass is 10.1. The van der Waals surface area contributed by atoms with E-state index in [1.807, 2.05) is 36.4 Å². The van der Waals surface area contributed by atoms with Crippen molar-refractivity contribution in [2.75, 3.05) is 14.2 Å². The fourth-order valence-corrected chi connectivity index (χ4v) is 2.20. The third kappa shape index (κ3) is 6.91. The highest BCUT2D eigenvalue weighted by Crippen LogP contribution is 2.09. The number of rotatable bonds is 5. The molecule has 0 aliphatic carbocycles. The Morgan fingerprint density at radius 3 is 1.92 bits per heavy atom. The van der Waals surface area contributed by atoms with Crippen LogP contribution >= 0.6 is 35.6 Å². The molecule has 2 aromatic carbocycles. The zero-order valence-electron chi connectivity index (χ0n) is 14.1. The molecule has 0 aliphatic heterocycles. The highest BCUT2D eigenvalue weighted by Gasteiger charge is 2.05. The van der Waals surface area contributed by atoms with E-state index in [1.54, 1.807) is 19.2 Å². The smallest absolute Gasteiger partial charge is 0.337 e. The van der Waals surface area contributed by atoms with Crippen LogP contribution in [0, 0.1) is 0 Å². The molecule has 25 heavy (non-hydrogen) atoms. The maximum atomic E-state index is 11.4. The fraction of sp³-hybridized carbons (Fsp3) is 0.222. The third-order valence-electron chi connectivity index (χ3n) is 3.43. The van der Waals surface area contributed by atoms with Gasteiger partial charge in [0.15, 0.2) is 5.96 Å². The number of nitrogens with one attached hydrogen (secondary N) is 2. The van der Waals surface area contributed by atoms with E-state index in [0.717, 1.165) is 16.1 Å². The summed E-state index contributed by atoms with van der Waals surface area (Å²) in [6, 6.07) is 14.9. The maximum absolute atomic E-state index is 11.4. The first-order valence-electron chi connectivity index (χ1n) is 7.48. The summed E-state index contributed by atoms with van der Waals surface area (Å²) >= 11 is 5.87. The first kappa shape index (κ1) is 21.2. The van der Waals surface area contributed by atoms with E-state index in [4.69, 9.17) is 11.6 Å². The molecule has 134 valence electrons. The lowest BCUT2D eigenvalue weighted by molar-refractivity contribution is 0.0600. The van der Waals surface area contributed by atoms with E-state index in [0.29, 0.717) is 24.6 Å². The number of nitrogens with zero attached hydrogens (tertiary/aromatic N) is 1. The summed E-state index contributed by atoms with van der Waals surface area (Å²) in [5.74, 6) is 0.358. The maximum Gasteiger partial charge on any atom is 0.337 e. The molecule has 0 bridgehead atoms. The van der Waals surface area contributed by atoms with Crippen molar-refractivity contribution >= 4 is 47.5 Å². The Morgan fingerprint density at radius 1 is 1.00 bits per heavy atom. The monoisotopic (exact) mass is 473 g/mol. The zero-order chi connectivity index (χ0) is 17.4. The molecule has 2 N–H and O–H groups in total. The number of hydrogen-bond acceptors (Lipinski definition) is 3. The van der Waals surface area contributed by atoms with Gasteiger partial charge in [-0.3, -0.25) is 4.99 Å². The number of carbonyl (C=O) groups excluding carboxylic acids is 1. The van der Waals surface area contributed by atoms with E-state index in [2.05, 4.69) is 20.4 Å². The average Bonchev–Trinajstić information content (AvgIpc) is 2.63. The quantitative estimate of drug-likeness (QED) is 0.301. The Balaban J connectivity index is 0.00000312. The van der Waals surface area contributed by atoms with Gasteiger partial charge in [-0.2, -0.15) is 0 Å². The minimum atomic E-state index is -0.338. The molecule has 0 saturated carbocycles. The second-order valence-electron chi connectivity index (χ2n) is 5.09. The summed E-state index contributed by atoms with van der Waals surface area (Å²) in [4.78, 5) is 15.6. The summed E-state index contributed by atoms with van der Waals surface area (Å²) in [6.45, 7) is 1.25. The Bertz CT molecular complexity index is 703. The number of ether oxygens (including phenoxy) is 1. The van der Waals surface area contributed by atoms with Crippen LogP contribution in [-0.2, 0) is 17.8 Å². The SMILES string of the molecule is CN=C(NCc1ccc(Cl)cc1)NCc1ccc(C(=O)OC)cc1.I. The molecule has 0 heterocycles. The molecule has 2 aromatic rings. The van der Waals surface area contributed by atoms with Crippen molar-refractivity contribution in [3.05, 3.63) is 70.2 Å². The lowest BCUT2D eigenvalue weighted by Crippen LogP contribution is -2.36. The summed E-state index contributed by atoms with van der Waals surface area (Å²) in [7, 11) is 3.09. The summed E-state index contributed by atoms with van der Waals surface area (Å²) in [5.41, 5.74) is 2.69. The average molecular weight is 474 g/mol. The molecule has 0 spiro atoms. The molecule has 0 saturated heterocycles. The van der Waals surface area contributed by atoms with Crippen LogP contribution in [0.4, 0.5) is 0 Å². The number of aliphatic imine (C=N–C) groups is 1. The lowest BCUT2D eigenvalue weighted by Gasteiger charge is -2.12. The van der Waals surface area contributed by atoms with Gasteiger partial charge in [0.05, 0.1) is 12.7 Å². The van der Waals surface area contributed by atoms with Crippen molar-refractivity contribution in [3.63, 3.8) is 0 Å². The highest BCUT2D eigenvalue weighted by atomic mass is 127. The predicted molar refractivity (Wildman–Crippen MR) is 112 cm³/mol. The molecule has 0 fully saturated rings. The number of esters is 1. The molecule has 0 aromatic heterocycles. The van der Waals surface area contributed by atoms with Crippen LogP contribution in [0.25, 0.3) is 0 Å². The largest absolute Gasteiger partial charge is 0.465 e. The van der Waals surface area contributed by atoms with Crippen molar-refractivity contribution < 1.29 is 9.53 Å². The highest BCUT2D eigenvalue weighted by molar-refractivity contribution is 14.0. The summed E-state index contributed by atoms with van der Waals surface area (Å²) < 4.78 is 4.68. The van der Waals surface area contributed by atoms with Gasteiger partial charge < -0.3 is 15.4 Å². The molecular weight excluding hydrogens is 453 g/mol. The second-order valence-corrected chi connectivity index (χ2v) is 5.53. The zero-order valence-corrected chi connectivity index (χ0v) is 17.2. The van der Waals surface area contributed by atoms with Gasteiger partial charge in [-0.1, -0.05) is 35.9 Å². The van der Waals surface area contributed by atoms with Crippen molar-refractivity contribution in [2.24, 2.45) is 4.99 Å². The Morgan fingerprint density at radius 2 is 1.48 bits per heavy atom. The van der Waals surface area contributed by atoms with Gasteiger partial charge in [0.2, 0.25) is 0 Å². The van der Waals surface area contributed by atoms with Crippen LogP contribution in [0.2, 0.25) is 5.02 Å². The van der Waals surface area contributed by atoms with E-state index < -0.39 is 0 Å². The number of hydrogen-bond donors (Lipinski definition) is 2. The van der Waals surface area contributed by atoms with Crippen molar-refractivity contribution in [1.29, 1.82) is 0 Å². The molecule has 0 radical (unpaired) electrons. The molecule has 0 aliphatic rings. The van der Waals surface area contributed by atoms with Crippen LogP contribution < -0.4 is 10.6 Å². The van der Waals surface area contributed by atoms with Crippen LogP contribution in [0.3, 0.4) is 0 Å². The van der Waals surface area contributed by atoms with E-state index in [9.17, 15) is 4.79 Å². The minimum Gasteiger partial charge on any atom is -0.465 e. The number of methoxy groups -OCH3 is 1. The first-order chi connectivity index (χ1) is 11.6. The molecule has 2 rings (SSSR count). The van der Waals surface area contributed by atoms with Crippen molar-refractivity contribution in [3.8, 4) is 0 Å². The van der Waals surface area contributed by atoms with E-state index >= 15 is 0 Å². The second kappa shape index (κ2) is 10.9. The standard InChI is InChI=1S/C18H20ClN3O2.HI/c1-20-18(22-12-14-5-9-16(19)10-6-14)21-11-13-3-7-15(8-4-13)17(23)24-2;/h3-10H,11-12H2,1-2H3,(H2,20,21,22);1H. The van der Waals surface area contributed by atoms with Crippen molar-refractivity contribution in [2.45, 2.75) is 13.1 Å². The van der Waals surface area contributed by atoms with Crippen LogP contribution in [-0.4, -0.2) is 26.1 Å². The number of guanidine groups is 1. The number of carbonyl (C=O) groups is 1. The number of benzene rings is 2. The molecule has 5 nitrogen and oxygen atoms in total. The molecule has 0 atom stereocenters. The summed E-state index contributed by atoms with van der Waals surface area (Å²) in [6.07, 6.45) is 0. The topological polar surface area (TPSA) is 62.7 Å². The van der Waals surface area contributed by atoms with Gasteiger partial charge >= 0.3 is 5.97 Å². The summed E-state index contributed by atoms with van der Waals surface area (Å²) in [5, 5.41) is 7.18. The van der Waals surface area contributed by atoms with Gasteiger partial charge in [0.25, 0.3) is 0 Å².